The SMILES string of the molecule is CCc1ccc(C(=O)N(C)Cc2ccc3cc(OC)ccc3c2)cc1. The molecule has 3 aromatic rings. The van der Waals surface area contributed by atoms with Crippen LogP contribution in [0.5, 0.6) is 5.75 Å². The molecule has 25 heavy (non-hydrogen) atoms. The summed E-state index contributed by atoms with van der Waals surface area (Å²) in [7, 11) is 3.51. The highest BCUT2D eigenvalue weighted by Crippen LogP contribution is 2.22. The predicted molar refractivity (Wildman–Crippen MR) is 102 cm³/mol. The van der Waals surface area contributed by atoms with Crippen molar-refractivity contribution < 1.29 is 9.53 Å². The van der Waals surface area contributed by atoms with Crippen molar-refractivity contribution in [3.63, 3.8) is 0 Å². The average molecular weight is 333 g/mol. The van der Waals surface area contributed by atoms with E-state index in [0.717, 1.165) is 34.1 Å². The van der Waals surface area contributed by atoms with Gasteiger partial charge in [-0.05, 0) is 58.7 Å². The van der Waals surface area contributed by atoms with Crippen LogP contribution in [0.4, 0.5) is 0 Å². The number of amides is 1. The van der Waals surface area contributed by atoms with E-state index in [1.807, 2.05) is 49.5 Å². The van der Waals surface area contributed by atoms with Crippen molar-refractivity contribution in [1.82, 2.24) is 4.90 Å². The molecule has 128 valence electrons. The van der Waals surface area contributed by atoms with Gasteiger partial charge in [0.1, 0.15) is 5.75 Å². The number of carbonyl (C=O) groups excluding carboxylic acids is 1. The summed E-state index contributed by atoms with van der Waals surface area (Å²) < 4.78 is 5.26. The first-order valence-electron chi connectivity index (χ1n) is 8.52. The van der Waals surface area contributed by atoms with Crippen molar-refractivity contribution in [2.24, 2.45) is 0 Å². The van der Waals surface area contributed by atoms with Gasteiger partial charge in [-0.3, -0.25) is 4.79 Å². The highest BCUT2D eigenvalue weighted by molar-refractivity contribution is 5.94. The van der Waals surface area contributed by atoms with Crippen LogP contribution in [0.25, 0.3) is 10.8 Å². The molecule has 0 atom stereocenters. The van der Waals surface area contributed by atoms with E-state index in [-0.39, 0.29) is 5.91 Å². The molecule has 0 N–H and O–H groups in total. The number of hydrogen-bond acceptors (Lipinski definition) is 2. The van der Waals surface area contributed by atoms with Crippen LogP contribution in [0.15, 0.2) is 60.7 Å². The number of hydrogen-bond donors (Lipinski definition) is 0. The van der Waals surface area contributed by atoms with E-state index in [2.05, 4.69) is 25.1 Å². The van der Waals surface area contributed by atoms with E-state index in [1.54, 1.807) is 12.0 Å². The molecule has 0 unspecified atom stereocenters. The Labute approximate surface area is 148 Å². The largest absolute Gasteiger partial charge is 0.497 e. The highest BCUT2D eigenvalue weighted by Gasteiger charge is 2.12. The van der Waals surface area contributed by atoms with Gasteiger partial charge in [0.05, 0.1) is 7.11 Å². The van der Waals surface area contributed by atoms with Crippen molar-refractivity contribution in [3.05, 3.63) is 77.4 Å². The fourth-order valence-electron chi connectivity index (χ4n) is 2.95. The maximum absolute atomic E-state index is 12.6. The van der Waals surface area contributed by atoms with Crippen LogP contribution in [0.2, 0.25) is 0 Å². The fourth-order valence-corrected chi connectivity index (χ4v) is 2.95. The lowest BCUT2D eigenvalue weighted by Gasteiger charge is -2.18. The highest BCUT2D eigenvalue weighted by atomic mass is 16.5. The number of fused-ring (bicyclic) bond motifs is 1. The third kappa shape index (κ3) is 3.82. The summed E-state index contributed by atoms with van der Waals surface area (Å²) in [6.45, 7) is 2.69. The summed E-state index contributed by atoms with van der Waals surface area (Å²) in [4.78, 5) is 14.4. The van der Waals surface area contributed by atoms with Gasteiger partial charge in [-0.15, -0.1) is 0 Å². The van der Waals surface area contributed by atoms with Crippen molar-refractivity contribution in [1.29, 1.82) is 0 Å². The molecule has 0 aliphatic heterocycles. The summed E-state index contributed by atoms with van der Waals surface area (Å²) in [5.41, 5.74) is 3.08. The zero-order chi connectivity index (χ0) is 17.8. The van der Waals surface area contributed by atoms with Gasteiger partial charge in [0.25, 0.3) is 5.91 Å². The van der Waals surface area contributed by atoms with Crippen LogP contribution in [0.3, 0.4) is 0 Å². The number of methoxy groups -OCH3 is 1. The summed E-state index contributed by atoms with van der Waals surface area (Å²) in [6, 6.07) is 20.1. The molecular weight excluding hydrogens is 310 g/mol. The lowest BCUT2D eigenvalue weighted by atomic mass is 10.1. The Morgan fingerprint density at radius 2 is 1.56 bits per heavy atom. The topological polar surface area (TPSA) is 29.5 Å². The second-order valence-corrected chi connectivity index (χ2v) is 6.26. The van der Waals surface area contributed by atoms with Crippen LogP contribution in [0, 0.1) is 0 Å². The summed E-state index contributed by atoms with van der Waals surface area (Å²) >= 11 is 0. The normalized spacial score (nSPS) is 10.7. The second kappa shape index (κ2) is 7.39. The first-order chi connectivity index (χ1) is 12.1. The standard InChI is InChI=1S/C22H23NO2/c1-4-16-5-8-18(9-6-16)22(24)23(2)15-17-7-10-20-14-21(25-3)12-11-19(20)13-17/h5-14H,4,15H2,1-3H3. The first-order valence-corrected chi connectivity index (χ1v) is 8.52. The Morgan fingerprint density at radius 3 is 2.24 bits per heavy atom. The lowest BCUT2D eigenvalue weighted by molar-refractivity contribution is 0.0785. The number of aryl methyl sites for hydroxylation is 1. The third-order valence-electron chi connectivity index (χ3n) is 4.49. The van der Waals surface area contributed by atoms with Gasteiger partial charge in [0.2, 0.25) is 0 Å². The van der Waals surface area contributed by atoms with Crippen LogP contribution < -0.4 is 4.74 Å². The van der Waals surface area contributed by atoms with Crippen molar-refractivity contribution >= 4 is 16.7 Å². The van der Waals surface area contributed by atoms with Crippen LogP contribution in [0.1, 0.15) is 28.4 Å². The Balaban J connectivity index is 1.76. The van der Waals surface area contributed by atoms with Gasteiger partial charge in [0.15, 0.2) is 0 Å². The van der Waals surface area contributed by atoms with Gasteiger partial charge in [-0.1, -0.05) is 37.3 Å². The molecule has 0 heterocycles. The molecule has 0 radical (unpaired) electrons. The smallest absolute Gasteiger partial charge is 0.253 e. The molecule has 0 aliphatic carbocycles. The Morgan fingerprint density at radius 1 is 0.920 bits per heavy atom. The molecule has 3 nitrogen and oxygen atoms in total. The molecule has 3 rings (SSSR count). The van der Waals surface area contributed by atoms with Gasteiger partial charge in [-0.2, -0.15) is 0 Å². The molecular formula is C22H23NO2. The van der Waals surface area contributed by atoms with Crippen molar-refractivity contribution in [2.75, 3.05) is 14.2 Å². The number of nitrogens with zero attached hydrogens (tertiary/aromatic N) is 1. The average Bonchev–Trinajstić information content (AvgIpc) is 2.67. The summed E-state index contributed by atoms with van der Waals surface area (Å²) in [5, 5.41) is 2.28. The molecule has 3 heteroatoms. The summed E-state index contributed by atoms with van der Waals surface area (Å²) in [5.74, 6) is 0.889. The van der Waals surface area contributed by atoms with E-state index in [9.17, 15) is 4.79 Å². The molecule has 0 fully saturated rings. The first kappa shape index (κ1) is 17.0. The van der Waals surface area contributed by atoms with Gasteiger partial charge < -0.3 is 9.64 Å². The minimum absolute atomic E-state index is 0.0393. The van der Waals surface area contributed by atoms with Crippen LogP contribution in [-0.2, 0) is 13.0 Å². The Kier molecular flexibility index (Phi) is 5.03. The molecule has 0 bridgehead atoms. The molecule has 3 aromatic carbocycles. The molecule has 0 saturated heterocycles. The molecule has 0 spiro atoms. The lowest BCUT2D eigenvalue weighted by Crippen LogP contribution is -2.26. The number of rotatable bonds is 5. The van der Waals surface area contributed by atoms with Crippen LogP contribution in [-0.4, -0.2) is 25.0 Å². The van der Waals surface area contributed by atoms with E-state index in [0.29, 0.717) is 6.54 Å². The number of carbonyl (C=O) groups is 1. The Bertz CT molecular complexity index is 884. The molecule has 0 saturated carbocycles. The second-order valence-electron chi connectivity index (χ2n) is 6.26. The van der Waals surface area contributed by atoms with Gasteiger partial charge >= 0.3 is 0 Å². The maximum Gasteiger partial charge on any atom is 0.253 e. The van der Waals surface area contributed by atoms with Crippen LogP contribution >= 0.6 is 0 Å². The van der Waals surface area contributed by atoms with E-state index in [4.69, 9.17) is 4.74 Å². The maximum atomic E-state index is 12.6. The minimum Gasteiger partial charge on any atom is -0.497 e. The minimum atomic E-state index is 0.0393. The van der Waals surface area contributed by atoms with Crippen molar-refractivity contribution in [2.45, 2.75) is 19.9 Å². The number of ether oxygens (including phenoxy) is 1. The zero-order valence-electron chi connectivity index (χ0n) is 15.0. The zero-order valence-corrected chi connectivity index (χ0v) is 15.0. The van der Waals surface area contributed by atoms with Crippen molar-refractivity contribution in [3.8, 4) is 5.75 Å². The summed E-state index contributed by atoms with van der Waals surface area (Å²) in [6.07, 6.45) is 0.978. The fraction of sp³-hybridized carbons (Fsp3) is 0.227. The third-order valence-corrected chi connectivity index (χ3v) is 4.49. The van der Waals surface area contributed by atoms with E-state index in [1.165, 1.54) is 5.56 Å². The van der Waals surface area contributed by atoms with Gasteiger partial charge in [0, 0.05) is 19.2 Å². The van der Waals surface area contributed by atoms with Gasteiger partial charge in [-0.25, -0.2) is 0 Å². The number of benzene rings is 3. The Hall–Kier alpha value is -2.81. The quantitative estimate of drug-likeness (QED) is 0.678. The van der Waals surface area contributed by atoms with E-state index >= 15 is 0 Å². The van der Waals surface area contributed by atoms with E-state index < -0.39 is 0 Å². The molecule has 0 aromatic heterocycles. The molecule has 0 aliphatic rings. The molecule has 1 amide bonds. The predicted octanol–water partition coefficient (Wildman–Crippen LogP) is 4.68. The monoisotopic (exact) mass is 333 g/mol.